The van der Waals surface area contributed by atoms with Gasteiger partial charge in [0.2, 0.25) is 11.8 Å². The van der Waals surface area contributed by atoms with Crippen molar-refractivity contribution in [3.8, 4) is 0 Å². The van der Waals surface area contributed by atoms with Crippen LogP contribution in [0.15, 0.2) is 29.2 Å². The smallest absolute Gasteiger partial charge is 0.234 e. The van der Waals surface area contributed by atoms with Crippen LogP contribution < -0.4 is 10.0 Å². The monoisotopic (exact) mass is 238 g/mol. The lowest BCUT2D eigenvalue weighted by Gasteiger charge is -2.13. The van der Waals surface area contributed by atoms with Gasteiger partial charge in [-0.05, 0) is 24.3 Å². The summed E-state index contributed by atoms with van der Waals surface area (Å²) < 4.78 is 10.9. The second-order valence-corrected chi connectivity index (χ2v) is 4.48. The first-order valence-electron chi connectivity index (χ1n) is 4.71. The van der Waals surface area contributed by atoms with Crippen LogP contribution in [-0.2, 0) is 20.6 Å². The Balaban J connectivity index is 2.31. The fourth-order valence-electron chi connectivity index (χ4n) is 1.59. The molecular formula is C10H10N2O3S. The Bertz CT molecular complexity index is 453. The minimum absolute atomic E-state index is 0.202. The summed E-state index contributed by atoms with van der Waals surface area (Å²) in [5.41, 5.74) is 0.502. The summed E-state index contributed by atoms with van der Waals surface area (Å²) in [5, 5.41) is 5.20. The molecular weight excluding hydrogens is 228 g/mol. The lowest BCUT2D eigenvalue weighted by Crippen LogP contribution is -2.28. The van der Waals surface area contributed by atoms with Gasteiger partial charge < -0.3 is 0 Å². The third kappa shape index (κ3) is 1.89. The van der Waals surface area contributed by atoms with E-state index in [1.54, 1.807) is 24.3 Å². The highest BCUT2D eigenvalue weighted by Gasteiger charge is 2.30. The molecule has 2 amide bonds. The van der Waals surface area contributed by atoms with E-state index in [9.17, 15) is 13.8 Å². The van der Waals surface area contributed by atoms with Crippen LogP contribution in [0.1, 0.15) is 12.8 Å². The molecule has 1 heterocycles. The van der Waals surface area contributed by atoms with Gasteiger partial charge in [0.05, 0.1) is 10.6 Å². The largest absolute Gasteiger partial charge is 0.274 e. The van der Waals surface area contributed by atoms with E-state index in [2.05, 4.69) is 0 Å². The number of anilines is 1. The van der Waals surface area contributed by atoms with Crippen LogP contribution in [0.25, 0.3) is 0 Å². The summed E-state index contributed by atoms with van der Waals surface area (Å²) >= 11 is 0. The second-order valence-electron chi connectivity index (χ2n) is 3.41. The van der Waals surface area contributed by atoms with Gasteiger partial charge in [0.1, 0.15) is 11.0 Å². The predicted molar refractivity (Wildman–Crippen MR) is 58.8 cm³/mol. The Hall–Kier alpha value is -1.53. The summed E-state index contributed by atoms with van der Waals surface area (Å²) in [6.45, 7) is 0. The summed E-state index contributed by atoms with van der Waals surface area (Å²) in [6, 6.07) is 6.23. The molecule has 1 aliphatic rings. The van der Waals surface area contributed by atoms with E-state index < -0.39 is 11.0 Å². The van der Waals surface area contributed by atoms with E-state index in [0.717, 1.165) is 4.90 Å². The van der Waals surface area contributed by atoms with Gasteiger partial charge >= 0.3 is 0 Å². The summed E-state index contributed by atoms with van der Waals surface area (Å²) in [6.07, 6.45) is 0.507. The van der Waals surface area contributed by atoms with Gasteiger partial charge in [-0.15, -0.1) is 0 Å². The average molecular weight is 238 g/mol. The van der Waals surface area contributed by atoms with Crippen molar-refractivity contribution in [2.75, 3.05) is 4.90 Å². The second kappa shape index (κ2) is 4.15. The van der Waals surface area contributed by atoms with E-state index >= 15 is 0 Å². The van der Waals surface area contributed by atoms with E-state index in [0.29, 0.717) is 10.6 Å². The molecule has 1 saturated heterocycles. The van der Waals surface area contributed by atoms with Crippen molar-refractivity contribution < 1.29 is 13.8 Å². The molecule has 6 heteroatoms. The van der Waals surface area contributed by atoms with Crippen molar-refractivity contribution in [1.82, 2.24) is 0 Å². The third-order valence-corrected chi connectivity index (χ3v) is 3.12. The molecule has 5 nitrogen and oxygen atoms in total. The fourth-order valence-corrected chi connectivity index (χ4v) is 2.00. The minimum atomic E-state index is -1.54. The Morgan fingerprint density at radius 1 is 1.06 bits per heavy atom. The minimum Gasteiger partial charge on any atom is -0.274 e. The maximum atomic E-state index is 11.4. The Morgan fingerprint density at radius 3 is 2.00 bits per heavy atom. The highest BCUT2D eigenvalue weighted by Crippen LogP contribution is 2.22. The predicted octanol–water partition coefficient (Wildman–Crippen LogP) is 0.321. The number of benzene rings is 1. The van der Waals surface area contributed by atoms with Crippen LogP contribution in [-0.4, -0.2) is 16.0 Å². The Kier molecular flexibility index (Phi) is 2.84. The van der Waals surface area contributed by atoms with Gasteiger partial charge in [0, 0.05) is 12.8 Å². The standard InChI is InChI=1S/C10H10N2O3S/c11-16(15)8-3-1-7(2-4-8)12-9(13)5-6-10(12)14/h1-4H,5-6,11H2/t16-/m0/s1. The molecule has 1 atom stereocenters. The first kappa shape index (κ1) is 11.0. The van der Waals surface area contributed by atoms with E-state index in [1.807, 2.05) is 0 Å². The zero-order chi connectivity index (χ0) is 11.7. The van der Waals surface area contributed by atoms with Crippen molar-refractivity contribution in [3.63, 3.8) is 0 Å². The normalized spacial score (nSPS) is 17.9. The molecule has 16 heavy (non-hydrogen) atoms. The number of nitrogens with two attached hydrogens (primary N) is 1. The molecule has 0 bridgehead atoms. The van der Waals surface area contributed by atoms with Crippen LogP contribution in [0.3, 0.4) is 0 Å². The van der Waals surface area contributed by atoms with Crippen molar-refractivity contribution in [1.29, 1.82) is 0 Å². The SMILES string of the molecule is N[S@@](=O)c1ccc(N2C(=O)CCC2=O)cc1. The Labute approximate surface area is 94.8 Å². The number of carbonyl (C=O) groups excluding carboxylic acids is 2. The number of rotatable bonds is 2. The quantitative estimate of drug-likeness (QED) is 0.753. The summed E-state index contributed by atoms with van der Waals surface area (Å²) in [7, 11) is -1.54. The van der Waals surface area contributed by atoms with Crippen molar-refractivity contribution in [2.24, 2.45) is 5.14 Å². The van der Waals surface area contributed by atoms with Crippen LogP contribution in [0.5, 0.6) is 0 Å². The van der Waals surface area contributed by atoms with Crippen LogP contribution in [0.2, 0.25) is 0 Å². The number of hydrogen-bond donors (Lipinski definition) is 1. The zero-order valence-corrected chi connectivity index (χ0v) is 9.20. The maximum Gasteiger partial charge on any atom is 0.234 e. The van der Waals surface area contributed by atoms with E-state index in [4.69, 9.17) is 5.14 Å². The van der Waals surface area contributed by atoms with Crippen molar-refractivity contribution in [2.45, 2.75) is 17.7 Å². The van der Waals surface area contributed by atoms with Gasteiger partial charge in [0.25, 0.3) is 0 Å². The first-order chi connectivity index (χ1) is 7.59. The zero-order valence-electron chi connectivity index (χ0n) is 8.38. The molecule has 2 N–H and O–H groups in total. The third-order valence-electron chi connectivity index (χ3n) is 2.38. The van der Waals surface area contributed by atoms with Gasteiger partial charge in [-0.3, -0.25) is 14.5 Å². The first-order valence-corrected chi connectivity index (χ1v) is 5.93. The fraction of sp³-hybridized carbons (Fsp3) is 0.200. The molecule has 1 aliphatic heterocycles. The topological polar surface area (TPSA) is 80.5 Å². The molecule has 1 aromatic carbocycles. The van der Waals surface area contributed by atoms with Gasteiger partial charge in [0.15, 0.2) is 0 Å². The van der Waals surface area contributed by atoms with Crippen LogP contribution >= 0.6 is 0 Å². The number of hydrogen-bond acceptors (Lipinski definition) is 3. The molecule has 84 valence electrons. The van der Waals surface area contributed by atoms with Gasteiger partial charge in [-0.1, -0.05) is 0 Å². The molecule has 0 aromatic heterocycles. The average Bonchev–Trinajstić information content (AvgIpc) is 2.59. The number of nitrogens with zero attached hydrogens (tertiary/aromatic N) is 1. The highest BCUT2D eigenvalue weighted by molar-refractivity contribution is 7.82. The van der Waals surface area contributed by atoms with Crippen LogP contribution in [0, 0.1) is 0 Å². The lowest BCUT2D eigenvalue weighted by molar-refractivity contribution is -0.121. The van der Waals surface area contributed by atoms with Gasteiger partial charge in [-0.2, -0.15) is 0 Å². The van der Waals surface area contributed by atoms with E-state index in [-0.39, 0.29) is 24.7 Å². The summed E-state index contributed by atoms with van der Waals surface area (Å²) in [5.74, 6) is -0.404. The molecule has 2 rings (SSSR count). The number of amides is 2. The molecule has 0 unspecified atom stereocenters. The van der Waals surface area contributed by atoms with Crippen molar-refractivity contribution in [3.05, 3.63) is 24.3 Å². The molecule has 0 saturated carbocycles. The molecule has 0 aliphatic carbocycles. The highest BCUT2D eigenvalue weighted by atomic mass is 32.2. The molecule has 1 fully saturated rings. The van der Waals surface area contributed by atoms with Crippen LogP contribution in [0.4, 0.5) is 5.69 Å². The lowest BCUT2D eigenvalue weighted by atomic mass is 10.3. The number of carbonyl (C=O) groups is 2. The van der Waals surface area contributed by atoms with Crippen molar-refractivity contribution >= 4 is 28.5 Å². The van der Waals surface area contributed by atoms with E-state index in [1.165, 1.54) is 0 Å². The molecule has 0 spiro atoms. The van der Waals surface area contributed by atoms with Gasteiger partial charge in [-0.25, -0.2) is 9.35 Å². The Morgan fingerprint density at radius 2 is 1.56 bits per heavy atom. The number of imide groups is 1. The summed E-state index contributed by atoms with van der Waals surface area (Å²) in [4.78, 5) is 24.5. The molecule has 1 aromatic rings. The maximum absolute atomic E-state index is 11.4. The molecule has 0 radical (unpaired) electrons.